The number of hydrogen-bond donors (Lipinski definition) is 3. The number of rotatable bonds is 11. The van der Waals surface area contributed by atoms with Crippen LogP contribution in [-0.2, 0) is 23.5 Å². The Labute approximate surface area is 227 Å². The van der Waals surface area contributed by atoms with E-state index in [0.717, 1.165) is 18.5 Å². The first kappa shape index (κ1) is 28.7. The van der Waals surface area contributed by atoms with Crippen molar-refractivity contribution in [2.45, 2.75) is 38.0 Å². The maximum absolute atomic E-state index is 13.6. The number of fused-ring (bicyclic) bond motifs is 1. The van der Waals surface area contributed by atoms with E-state index in [2.05, 4.69) is 15.0 Å². The first-order valence-electron chi connectivity index (χ1n) is 13.2. The minimum absolute atomic E-state index is 0.0856. The number of oxime groups is 1. The number of aromatic amines is 1. The number of aliphatic hydroxyl groups excluding tert-OH is 1. The fourth-order valence-corrected chi connectivity index (χ4v) is 6.50. The third-order valence-electron chi connectivity index (χ3n) is 6.97. The summed E-state index contributed by atoms with van der Waals surface area (Å²) in [5.41, 5.74) is 2.09. The van der Waals surface area contributed by atoms with E-state index in [9.17, 15) is 18.4 Å². The lowest BCUT2D eigenvalue weighted by atomic mass is 10.1. The van der Waals surface area contributed by atoms with Crippen molar-refractivity contribution in [3.63, 3.8) is 0 Å². The van der Waals surface area contributed by atoms with Crippen LogP contribution in [0.3, 0.4) is 0 Å². The second kappa shape index (κ2) is 12.3. The topological polar surface area (TPSA) is 153 Å². The van der Waals surface area contributed by atoms with Crippen LogP contribution in [0.1, 0.15) is 37.9 Å². The number of ether oxygens (including phenoxy) is 1. The molecule has 0 atom stereocenters. The first-order chi connectivity index (χ1) is 18.8. The minimum Gasteiger partial charge on any atom is -0.493 e. The van der Waals surface area contributed by atoms with Crippen molar-refractivity contribution in [1.82, 2.24) is 23.7 Å². The zero-order chi connectivity index (χ0) is 28.2. The van der Waals surface area contributed by atoms with E-state index in [1.165, 1.54) is 22.7 Å². The van der Waals surface area contributed by atoms with Crippen molar-refractivity contribution in [2.24, 2.45) is 12.2 Å². The summed E-state index contributed by atoms with van der Waals surface area (Å²) in [7, 11) is -2.11. The van der Waals surface area contributed by atoms with Gasteiger partial charge >= 0.3 is 0 Å². The molecular weight excluding hydrogens is 524 g/mol. The molecule has 39 heavy (non-hydrogen) atoms. The van der Waals surface area contributed by atoms with Crippen LogP contribution in [0, 0.1) is 0 Å². The summed E-state index contributed by atoms with van der Waals surface area (Å²) in [6, 6.07) is 4.61. The predicted octanol–water partition coefficient (Wildman–Crippen LogP) is 1.78. The standard InChI is InChI=1S/C26H36N6O6S/c1-4-7-19-21(17-27-35)30(3)24-23(19)28-25(29-26(24)34)20-16-18(8-9-22(20)38-5-2)39(36,37)32-13-11-31(12-14-32)10-6-15-33/h8-9,16-17,33,35H,4-7,10-15H2,1-3H3,(H,28,29,34)/b27-17+. The molecule has 3 heterocycles. The van der Waals surface area contributed by atoms with Gasteiger partial charge in [0.25, 0.3) is 5.56 Å². The van der Waals surface area contributed by atoms with Crippen LogP contribution in [0.2, 0.25) is 0 Å². The predicted molar refractivity (Wildman–Crippen MR) is 148 cm³/mol. The molecule has 13 heteroatoms. The van der Waals surface area contributed by atoms with Gasteiger partial charge in [0.05, 0.1) is 29.0 Å². The highest BCUT2D eigenvalue weighted by Gasteiger charge is 2.30. The summed E-state index contributed by atoms with van der Waals surface area (Å²) in [5, 5.41) is 21.4. The number of benzene rings is 1. The summed E-state index contributed by atoms with van der Waals surface area (Å²) < 4.78 is 36.1. The van der Waals surface area contributed by atoms with Crippen LogP contribution in [0.5, 0.6) is 5.75 Å². The number of hydrogen-bond acceptors (Lipinski definition) is 9. The van der Waals surface area contributed by atoms with Gasteiger partial charge in [0.1, 0.15) is 22.6 Å². The van der Waals surface area contributed by atoms with E-state index in [1.807, 2.05) is 13.8 Å². The highest BCUT2D eigenvalue weighted by molar-refractivity contribution is 7.89. The number of nitrogens with zero attached hydrogens (tertiary/aromatic N) is 5. The van der Waals surface area contributed by atoms with Crippen LogP contribution >= 0.6 is 0 Å². The lowest BCUT2D eigenvalue weighted by molar-refractivity contribution is 0.171. The van der Waals surface area contributed by atoms with Gasteiger partial charge in [-0.05, 0) is 38.0 Å². The molecule has 1 aromatic carbocycles. The Kier molecular flexibility index (Phi) is 9.05. The number of nitrogens with one attached hydrogen (secondary N) is 1. The zero-order valence-corrected chi connectivity index (χ0v) is 23.4. The molecule has 0 radical (unpaired) electrons. The molecule has 0 aliphatic carbocycles. The van der Waals surface area contributed by atoms with Crippen LogP contribution in [0.15, 0.2) is 33.0 Å². The summed E-state index contributed by atoms with van der Waals surface area (Å²) in [6.07, 6.45) is 3.32. The lowest BCUT2D eigenvalue weighted by Gasteiger charge is -2.33. The van der Waals surface area contributed by atoms with Gasteiger partial charge < -0.3 is 29.5 Å². The molecule has 0 saturated carbocycles. The molecule has 1 saturated heterocycles. The molecule has 1 fully saturated rings. The van der Waals surface area contributed by atoms with Gasteiger partial charge in [0, 0.05) is 51.9 Å². The molecule has 2 aromatic heterocycles. The van der Waals surface area contributed by atoms with Crippen molar-refractivity contribution in [3.05, 3.63) is 39.8 Å². The molecule has 0 unspecified atom stereocenters. The van der Waals surface area contributed by atoms with Crippen LogP contribution in [-0.4, -0.2) is 94.6 Å². The Morgan fingerprint density at radius 2 is 1.95 bits per heavy atom. The van der Waals surface area contributed by atoms with Gasteiger partial charge in [-0.2, -0.15) is 4.31 Å². The number of H-pyrrole nitrogens is 1. The second-order valence-corrected chi connectivity index (χ2v) is 11.4. The monoisotopic (exact) mass is 560 g/mol. The third-order valence-corrected chi connectivity index (χ3v) is 8.87. The quantitative estimate of drug-likeness (QED) is 0.182. The molecule has 212 valence electrons. The molecule has 3 aromatic rings. The van der Waals surface area contributed by atoms with Crippen molar-refractivity contribution < 1.29 is 23.5 Å². The van der Waals surface area contributed by atoms with Crippen molar-refractivity contribution in [2.75, 3.05) is 45.9 Å². The lowest BCUT2D eigenvalue weighted by Crippen LogP contribution is -2.48. The van der Waals surface area contributed by atoms with Crippen molar-refractivity contribution in [1.29, 1.82) is 0 Å². The molecule has 0 bridgehead atoms. The van der Waals surface area contributed by atoms with Gasteiger partial charge in [-0.25, -0.2) is 13.4 Å². The molecule has 3 N–H and O–H groups in total. The van der Waals surface area contributed by atoms with E-state index in [-0.39, 0.29) is 17.3 Å². The zero-order valence-electron chi connectivity index (χ0n) is 22.6. The van der Waals surface area contributed by atoms with E-state index in [4.69, 9.17) is 14.8 Å². The van der Waals surface area contributed by atoms with Crippen LogP contribution in [0.25, 0.3) is 22.4 Å². The van der Waals surface area contributed by atoms with Gasteiger partial charge in [-0.15, -0.1) is 0 Å². The first-order valence-corrected chi connectivity index (χ1v) is 14.6. The average molecular weight is 561 g/mol. The summed E-state index contributed by atoms with van der Waals surface area (Å²) in [6.45, 7) is 6.85. The molecular formula is C26H36N6O6S. The summed E-state index contributed by atoms with van der Waals surface area (Å²) in [4.78, 5) is 23.1. The van der Waals surface area contributed by atoms with Crippen LogP contribution in [0.4, 0.5) is 0 Å². The molecule has 0 spiro atoms. The van der Waals surface area contributed by atoms with Gasteiger partial charge in [0.15, 0.2) is 0 Å². The maximum Gasteiger partial charge on any atom is 0.275 e. The number of aryl methyl sites for hydroxylation is 2. The van der Waals surface area contributed by atoms with E-state index in [1.54, 1.807) is 17.7 Å². The van der Waals surface area contributed by atoms with Crippen molar-refractivity contribution >= 4 is 27.3 Å². The van der Waals surface area contributed by atoms with E-state index < -0.39 is 15.6 Å². The molecule has 12 nitrogen and oxygen atoms in total. The smallest absolute Gasteiger partial charge is 0.275 e. The highest BCUT2D eigenvalue weighted by atomic mass is 32.2. The van der Waals surface area contributed by atoms with Gasteiger partial charge in [-0.3, -0.25) is 4.79 Å². The van der Waals surface area contributed by atoms with Crippen molar-refractivity contribution in [3.8, 4) is 17.1 Å². The molecule has 1 aliphatic heterocycles. The highest BCUT2D eigenvalue weighted by Crippen LogP contribution is 2.33. The maximum atomic E-state index is 13.6. The largest absolute Gasteiger partial charge is 0.493 e. The fraction of sp³-hybridized carbons (Fsp3) is 0.500. The fourth-order valence-electron chi connectivity index (χ4n) is 5.05. The van der Waals surface area contributed by atoms with Crippen LogP contribution < -0.4 is 10.3 Å². The Morgan fingerprint density at radius 3 is 2.59 bits per heavy atom. The Morgan fingerprint density at radius 1 is 1.21 bits per heavy atom. The summed E-state index contributed by atoms with van der Waals surface area (Å²) >= 11 is 0. The van der Waals surface area contributed by atoms with Gasteiger partial charge in [-0.1, -0.05) is 18.5 Å². The van der Waals surface area contributed by atoms with Gasteiger partial charge in [0.2, 0.25) is 10.0 Å². The SMILES string of the molecule is CCCc1c(/C=N/O)n(C)c2c(=O)[nH]c(-c3cc(S(=O)(=O)N4CCN(CCCO)CC4)ccc3OCC)nc12. The third kappa shape index (κ3) is 5.71. The summed E-state index contributed by atoms with van der Waals surface area (Å²) in [5.74, 6) is 0.593. The second-order valence-electron chi connectivity index (χ2n) is 9.44. The Balaban J connectivity index is 1.79. The number of sulfonamides is 1. The number of aromatic nitrogens is 3. The molecule has 0 amide bonds. The molecule has 1 aliphatic rings. The minimum atomic E-state index is -3.81. The normalized spacial score (nSPS) is 15.5. The number of aliphatic hydroxyl groups is 1. The Hall–Kier alpha value is -3.26. The van der Waals surface area contributed by atoms with E-state index >= 15 is 0 Å². The van der Waals surface area contributed by atoms with E-state index in [0.29, 0.717) is 73.7 Å². The molecule has 4 rings (SSSR count). The number of piperazine rings is 1. The Bertz CT molecular complexity index is 1510. The average Bonchev–Trinajstić information content (AvgIpc) is 3.19.